The number of ether oxygens (including phenoxy) is 2. The predicted octanol–water partition coefficient (Wildman–Crippen LogP) is 2.97. The van der Waals surface area contributed by atoms with E-state index in [9.17, 15) is 4.79 Å². The molecule has 2 aliphatic heterocycles. The Morgan fingerprint density at radius 2 is 2.04 bits per heavy atom. The van der Waals surface area contributed by atoms with Gasteiger partial charge in [0.05, 0.1) is 12.2 Å². The Hall–Kier alpha value is -2.31. The Labute approximate surface area is 169 Å². The summed E-state index contributed by atoms with van der Waals surface area (Å²) in [6.07, 6.45) is 2.21. The summed E-state index contributed by atoms with van der Waals surface area (Å²) < 4.78 is 11.5. The Bertz CT molecular complexity index is 848. The highest BCUT2D eigenvalue weighted by Crippen LogP contribution is 2.31. The van der Waals surface area contributed by atoms with Gasteiger partial charge in [-0.15, -0.1) is 0 Å². The molecule has 1 amide bonds. The number of amides is 1. The number of anilines is 1. The first-order valence-corrected chi connectivity index (χ1v) is 9.94. The number of benzene rings is 1. The Morgan fingerprint density at radius 3 is 2.75 bits per heavy atom. The molecule has 3 atom stereocenters. The van der Waals surface area contributed by atoms with Gasteiger partial charge in [-0.25, -0.2) is 4.98 Å². The van der Waals surface area contributed by atoms with Gasteiger partial charge in [0, 0.05) is 37.3 Å². The third kappa shape index (κ3) is 4.23. The second-order valence-electron chi connectivity index (χ2n) is 7.47. The highest BCUT2D eigenvalue weighted by atomic mass is 35.5. The van der Waals surface area contributed by atoms with Crippen LogP contribution in [0.2, 0.25) is 5.02 Å². The van der Waals surface area contributed by atoms with Crippen LogP contribution in [0, 0.1) is 0 Å². The molecule has 1 aromatic heterocycles. The number of hydrogen-bond acceptors (Lipinski definition) is 5. The highest BCUT2D eigenvalue weighted by molar-refractivity contribution is 6.30. The van der Waals surface area contributed by atoms with E-state index in [-0.39, 0.29) is 18.1 Å². The Morgan fingerprint density at radius 1 is 1.25 bits per heavy atom. The molecule has 4 rings (SSSR count). The zero-order valence-electron chi connectivity index (χ0n) is 16.0. The number of carbonyl (C=O) groups excluding carboxylic acids is 1. The van der Waals surface area contributed by atoms with Gasteiger partial charge in [0.25, 0.3) is 5.91 Å². The topological polar surface area (TPSA) is 63.7 Å². The molecule has 1 N–H and O–H groups in total. The number of carbonyl (C=O) groups is 1. The molecule has 1 aromatic carbocycles. The van der Waals surface area contributed by atoms with E-state index in [1.165, 1.54) is 0 Å². The number of pyridine rings is 1. The van der Waals surface area contributed by atoms with Crippen LogP contribution in [-0.4, -0.2) is 42.3 Å². The summed E-state index contributed by atoms with van der Waals surface area (Å²) in [5.41, 5.74) is 1.91. The molecule has 6 nitrogen and oxygen atoms in total. The lowest BCUT2D eigenvalue weighted by Crippen LogP contribution is -2.45. The van der Waals surface area contributed by atoms with Crippen LogP contribution in [-0.2, 0) is 22.5 Å². The average molecular weight is 402 g/mol. The van der Waals surface area contributed by atoms with Crippen LogP contribution >= 0.6 is 11.6 Å². The van der Waals surface area contributed by atoms with Crippen molar-refractivity contribution in [2.45, 2.75) is 45.1 Å². The third-order valence-electron chi connectivity index (χ3n) is 5.01. The molecular formula is C21H24ClN3O3. The molecule has 28 heavy (non-hydrogen) atoms. The number of hydrogen-bond donors (Lipinski definition) is 1. The van der Waals surface area contributed by atoms with Gasteiger partial charge in [0.15, 0.2) is 6.10 Å². The zero-order valence-corrected chi connectivity index (χ0v) is 16.8. The Kier molecular flexibility index (Phi) is 5.42. The number of nitrogens with one attached hydrogen (secondary N) is 1. The lowest BCUT2D eigenvalue weighted by Gasteiger charge is -2.36. The van der Waals surface area contributed by atoms with Crippen molar-refractivity contribution in [2.75, 3.05) is 18.0 Å². The summed E-state index contributed by atoms with van der Waals surface area (Å²) in [5, 5.41) is 3.58. The quantitative estimate of drug-likeness (QED) is 0.853. The fourth-order valence-corrected chi connectivity index (χ4v) is 3.93. The second-order valence-corrected chi connectivity index (χ2v) is 7.90. The van der Waals surface area contributed by atoms with Gasteiger partial charge in [-0.1, -0.05) is 17.7 Å². The van der Waals surface area contributed by atoms with Crippen molar-refractivity contribution in [3.8, 4) is 5.75 Å². The van der Waals surface area contributed by atoms with Crippen LogP contribution in [0.3, 0.4) is 0 Å². The molecule has 2 aromatic rings. The standard InChI is InChI=1S/C21H24ClN3O3/c1-13-11-25(12-14(2)27-13)20-6-3-15(9-23-20)10-24-21(26)19-8-16-7-17(22)4-5-18(16)28-19/h3-7,9,13-14,19H,8,10-12H2,1-2H3,(H,24,26). The second kappa shape index (κ2) is 7.97. The van der Waals surface area contributed by atoms with Crippen LogP contribution in [0.25, 0.3) is 0 Å². The number of halogens is 1. The molecule has 1 saturated heterocycles. The molecule has 0 saturated carbocycles. The molecule has 0 bridgehead atoms. The average Bonchev–Trinajstić information content (AvgIpc) is 3.09. The van der Waals surface area contributed by atoms with Crippen LogP contribution in [0.1, 0.15) is 25.0 Å². The summed E-state index contributed by atoms with van der Waals surface area (Å²) in [5.74, 6) is 1.53. The fraction of sp³-hybridized carbons (Fsp3) is 0.429. The molecule has 2 aliphatic rings. The zero-order chi connectivity index (χ0) is 19.7. The largest absolute Gasteiger partial charge is 0.480 e. The molecule has 0 aliphatic carbocycles. The van der Waals surface area contributed by atoms with Crippen LogP contribution < -0.4 is 15.0 Å². The maximum Gasteiger partial charge on any atom is 0.261 e. The van der Waals surface area contributed by atoms with Crippen molar-refractivity contribution in [3.63, 3.8) is 0 Å². The van der Waals surface area contributed by atoms with Gasteiger partial charge in [-0.05, 0) is 49.2 Å². The minimum atomic E-state index is -0.517. The lowest BCUT2D eigenvalue weighted by atomic mass is 10.1. The number of nitrogens with zero attached hydrogens (tertiary/aromatic N) is 2. The van der Waals surface area contributed by atoms with E-state index in [2.05, 4.69) is 29.0 Å². The summed E-state index contributed by atoms with van der Waals surface area (Å²) in [6.45, 7) is 6.22. The summed E-state index contributed by atoms with van der Waals surface area (Å²) >= 11 is 6.00. The molecule has 7 heteroatoms. The van der Waals surface area contributed by atoms with Crippen LogP contribution in [0.5, 0.6) is 5.75 Å². The first-order chi connectivity index (χ1) is 13.5. The lowest BCUT2D eigenvalue weighted by molar-refractivity contribution is -0.127. The first-order valence-electron chi connectivity index (χ1n) is 9.56. The maximum absolute atomic E-state index is 12.4. The van der Waals surface area contributed by atoms with E-state index in [0.29, 0.717) is 18.0 Å². The van der Waals surface area contributed by atoms with Gasteiger partial charge in [0.1, 0.15) is 11.6 Å². The van der Waals surface area contributed by atoms with E-state index in [4.69, 9.17) is 21.1 Å². The van der Waals surface area contributed by atoms with Crippen molar-refractivity contribution in [3.05, 3.63) is 52.7 Å². The van der Waals surface area contributed by atoms with Crippen LogP contribution in [0.4, 0.5) is 5.82 Å². The summed E-state index contributed by atoms with van der Waals surface area (Å²) in [4.78, 5) is 19.2. The third-order valence-corrected chi connectivity index (χ3v) is 5.24. The van der Waals surface area contributed by atoms with Gasteiger partial charge >= 0.3 is 0 Å². The maximum atomic E-state index is 12.4. The number of rotatable bonds is 4. The normalized spacial score (nSPS) is 23.8. The number of morpholine rings is 1. The van der Waals surface area contributed by atoms with Crippen molar-refractivity contribution in [1.29, 1.82) is 0 Å². The van der Waals surface area contributed by atoms with E-state index in [0.717, 1.165) is 35.8 Å². The van der Waals surface area contributed by atoms with Crippen molar-refractivity contribution in [2.24, 2.45) is 0 Å². The molecule has 1 fully saturated rings. The molecule has 0 radical (unpaired) electrons. The van der Waals surface area contributed by atoms with Crippen molar-refractivity contribution < 1.29 is 14.3 Å². The van der Waals surface area contributed by atoms with E-state index in [1.54, 1.807) is 12.1 Å². The van der Waals surface area contributed by atoms with Crippen LogP contribution in [0.15, 0.2) is 36.5 Å². The molecular weight excluding hydrogens is 378 g/mol. The summed E-state index contributed by atoms with van der Waals surface area (Å²) in [6, 6.07) is 9.42. The van der Waals surface area contributed by atoms with E-state index in [1.807, 2.05) is 24.4 Å². The monoisotopic (exact) mass is 401 g/mol. The minimum absolute atomic E-state index is 0.132. The predicted molar refractivity (Wildman–Crippen MR) is 108 cm³/mol. The first kappa shape index (κ1) is 19.0. The minimum Gasteiger partial charge on any atom is -0.480 e. The smallest absolute Gasteiger partial charge is 0.261 e. The van der Waals surface area contributed by atoms with Crippen molar-refractivity contribution >= 4 is 23.3 Å². The van der Waals surface area contributed by atoms with Gasteiger partial charge in [-0.2, -0.15) is 0 Å². The van der Waals surface area contributed by atoms with Gasteiger partial charge in [-0.3, -0.25) is 4.79 Å². The van der Waals surface area contributed by atoms with Crippen molar-refractivity contribution in [1.82, 2.24) is 10.3 Å². The molecule has 3 heterocycles. The van der Waals surface area contributed by atoms with E-state index < -0.39 is 6.10 Å². The molecule has 3 unspecified atom stereocenters. The van der Waals surface area contributed by atoms with Gasteiger partial charge in [0.2, 0.25) is 0 Å². The van der Waals surface area contributed by atoms with Gasteiger partial charge < -0.3 is 19.7 Å². The Balaban J connectivity index is 1.31. The molecule has 0 spiro atoms. The fourth-order valence-electron chi connectivity index (χ4n) is 3.74. The molecule has 148 valence electrons. The summed E-state index contributed by atoms with van der Waals surface area (Å²) in [7, 11) is 0. The van der Waals surface area contributed by atoms with E-state index >= 15 is 0 Å². The SMILES string of the molecule is CC1CN(c2ccc(CNC(=O)C3Cc4cc(Cl)ccc4O3)cn2)CC(C)O1. The number of aromatic nitrogens is 1. The number of fused-ring (bicyclic) bond motifs is 1. The highest BCUT2D eigenvalue weighted by Gasteiger charge is 2.29.